The highest BCUT2D eigenvalue weighted by Gasteiger charge is 2.26. The molecule has 0 spiro atoms. The van der Waals surface area contributed by atoms with Gasteiger partial charge in [-0.05, 0) is 44.9 Å². The highest BCUT2D eigenvalue weighted by molar-refractivity contribution is 7.80. The van der Waals surface area contributed by atoms with Gasteiger partial charge in [-0.25, -0.2) is 0 Å². The Labute approximate surface area is 126 Å². The number of ether oxygens (including phenoxy) is 1. The van der Waals surface area contributed by atoms with Crippen LogP contribution in [0.2, 0.25) is 0 Å². The smallest absolute Gasteiger partial charge is 0.133 e. The van der Waals surface area contributed by atoms with E-state index in [1.54, 1.807) is 0 Å². The van der Waals surface area contributed by atoms with Crippen LogP contribution in [0.25, 0.3) is 0 Å². The lowest BCUT2D eigenvalue weighted by Crippen LogP contribution is -2.29. The minimum absolute atomic E-state index is 0.253. The van der Waals surface area contributed by atoms with Gasteiger partial charge in [-0.1, -0.05) is 26.1 Å². The zero-order valence-corrected chi connectivity index (χ0v) is 13.6. The lowest BCUT2D eigenvalue weighted by atomic mass is 9.82. The third-order valence-corrected chi connectivity index (χ3v) is 4.17. The Morgan fingerprint density at radius 1 is 1.25 bits per heavy atom. The van der Waals surface area contributed by atoms with Crippen LogP contribution in [0.15, 0.2) is 6.07 Å². The topological polar surface area (TPSA) is 48.1 Å². The molecule has 1 aliphatic carbocycles. The summed E-state index contributed by atoms with van der Waals surface area (Å²) in [6.45, 7) is 8.49. The SMILES string of the molecule is Cc1cc(OC2CC(C)CC(C)C2)c(C(N)=S)c(C)n1. The van der Waals surface area contributed by atoms with E-state index in [1.807, 2.05) is 19.9 Å². The molecule has 110 valence electrons. The lowest BCUT2D eigenvalue weighted by Gasteiger charge is -2.32. The zero-order valence-electron chi connectivity index (χ0n) is 12.8. The lowest BCUT2D eigenvalue weighted by molar-refractivity contribution is 0.101. The molecule has 0 aromatic carbocycles. The third-order valence-electron chi connectivity index (χ3n) is 3.97. The second-order valence-electron chi connectivity index (χ2n) is 6.24. The van der Waals surface area contributed by atoms with Gasteiger partial charge in [0.05, 0.1) is 17.4 Å². The first-order valence-corrected chi connectivity index (χ1v) is 7.72. The Kier molecular flexibility index (Phi) is 4.63. The summed E-state index contributed by atoms with van der Waals surface area (Å²) in [6, 6.07) is 1.95. The van der Waals surface area contributed by atoms with E-state index >= 15 is 0 Å². The molecule has 2 N–H and O–H groups in total. The number of thiocarbonyl (C=S) groups is 1. The third kappa shape index (κ3) is 3.48. The number of nitrogens with zero attached hydrogens (tertiary/aromatic N) is 1. The van der Waals surface area contributed by atoms with Crippen molar-refractivity contribution >= 4 is 17.2 Å². The van der Waals surface area contributed by atoms with Crippen LogP contribution in [0.4, 0.5) is 0 Å². The van der Waals surface area contributed by atoms with Gasteiger partial charge in [-0.2, -0.15) is 0 Å². The van der Waals surface area contributed by atoms with Crippen LogP contribution in [0.1, 0.15) is 50.1 Å². The van der Waals surface area contributed by atoms with Gasteiger partial charge < -0.3 is 10.5 Å². The summed E-state index contributed by atoms with van der Waals surface area (Å²) in [5, 5.41) is 0. The fourth-order valence-corrected chi connectivity index (χ4v) is 3.58. The minimum atomic E-state index is 0.253. The first-order valence-electron chi connectivity index (χ1n) is 7.31. The molecule has 3 nitrogen and oxygen atoms in total. The van der Waals surface area contributed by atoms with Crippen LogP contribution in [0, 0.1) is 25.7 Å². The summed E-state index contributed by atoms with van der Waals surface area (Å²) < 4.78 is 6.24. The molecule has 2 rings (SSSR count). The summed E-state index contributed by atoms with van der Waals surface area (Å²) in [4.78, 5) is 4.79. The fraction of sp³-hybridized carbons (Fsp3) is 0.625. The number of aryl methyl sites for hydroxylation is 2. The maximum atomic E-state index is 6.24. The Hall–Kier alpha value is -1.16. The van der Waals surface area contributed by atoms with E-state index in [1.165, 1.54) is 6.42 Å². The van der Waals surface area contributed by atoms with E-state index in [0.29, 0.717) is 16.8 Å². The van der Waals surface area contributed by atoms with Crippen molar-refractivity contribution in [3.05, 3.63) is 23.0 Å². The van der Waals surface area contributed by atoms with Crippen LogP contribution < -0.4 is 10.5 Å². The van der Waals surface area contributed by atoms with Crippen molar-refractivity contribution < 1.29 is 4.74 Å². The van der Waals surface area contributed by atoms with Gasteiger partial charge in [0, 0.05) is 11.8 Å². The van der Waals surface area contributed by atoms with Crippen molar-refractivity contribution in [1.29, 1.82) is 0 Å². The predicted octanol–water partition coefficient (Wildman–Crippen LogP) is 3.54. The zero-order chi connectivity index (χ0) is 14.9. The molecule has 0 amide bonds. The molecule has 1 saturated carbocycles. The molecule has 2 atom stereocenters. The Morgan fingerprint density at radius 2 is 1.85 bits per heavy atom. The van der Waals surface area contributed by atoms with Crippen LogP contribution in [0.3, 0.4) is 0 Å². The van der Waals surface area contributed by atoms with Crippen molar-refractivity contribution in [3.8, 4) is 5.75 Å². The van der Waals surface area contributed by atoms with Crippen LogP contribution in [-0.2, 0) is 0 Å². The first-order chi connectivity index (χ1) is 9.36. The number of nitrogens with two attached hydrogens (primary N) is 1. The number of pyridine rings is 1. The van der Waals surface area contributed by atoms with Gasteiger partial charge in [0.1, 0.15) is 10.7 Å². The summed E-state index contributed by atoms with van der Waals surface area (Å²) in [5.41, 5.74) is 8.42. The number of hydrogen-bond donors (Lipinski definition) is 1. The quantitative estimate of drug-likeness (QED) is 0.866. The van der Waals surface area contributed by atoms with E-state index in [0.717, 1.165) is 35.5 Å². The molecule has 20 heavy (non-hydrogen) atoms. The molecule has 1 fully saturated rings. The summed E-state index contributed by atoms with van der Waals surface area (Å²) in [6.07, 6.45) is 3.74. The van der Waals surface area contributed by atoms with Gasteiger partial charge in [-0.3, -0.25) is 4.98 Å². The normalized spacial score (nSPS) is 26.3. The van der Waals surface area contributed by atoms with Crippen LogP contribution in [-0.4, -0.2) is 16.1 Å². The van der Waals surface area contributed by atoms with Crippen LogP contribution in [0.5, 0.6) is 5.75 Å². The molecule has 0 radical (unpaired) electrons. The standard InChI is InChI=1S/C16H24N2OS/c1-9-5-10(2)7-13(6-9)19-14-8-11(3)18-12(4)15(14)16(17)20/h8-10,13H,5-7H2,1-4H3,(H2,17,20). The highest BCUT2D eigenvalue weighted by Crippen LogP contribution is 2.33. The molecule has 2 unspecified atom stereocenters. The summed E-state index contributed by atoms with van der Waals surface area (Å²) in [5.74, 6) is 2.22. The molecular formula is C16H24N2OS. The van der Waals surface area contributed by atoms with E-state index in [2.05, 4.69) is 18.8 Å². The van der Waals surface area contributed by atoms with E-state index in [-0.39, 0.29) is 6.10 Å². The van der Waals surface area contributed by atoms with Crippen LogP contribution >= 0.6 is 12.2 Å². The number of rotatable bonds is 3. The van der Waals surface area contributed by atoms with E-state index < -0.39 is 0 Å². The first kappa shape index (κ1) is 15.2. The second-order valence-corrected chi connectivity index (χ2v) is 6.68. The number of hydrogen-bond acceptors (Lipinski definition) is 3. The van der Waals surface area contributed by atoms with E-state index in [4.69, 9.17) is 22.7 Å². The van der Waals surface area contributed by atoms with Crippen molar-refractivity contribution in [3.63, 3.8) is 0 Å². The average molecular weight is 292 g/mol. The molecule has 4 heteroatoms. The molecule has 1 aromatic heterocycles. The fourth-order valence-electron chi connectivity index (χ4n) is 3.33. The molecule has 1 heterocycles. The second kappa shape index (κ2) is 6.08. The van der Waals surface area contributed by atoms with Crippen molar-refractivity contribution in [1.82, 2.24) is 4.98 Å². The molecular weight excluding hydrogens is 268 g/mol. The minimum Gasteiger partial charge on any atom is -0.490 e. The maximum absolute atomic E-state index is 6.24. The summed E-state index contributed by atoms with van der Waals surface area (Å²) >= 11 is 5.15. The van der Waals surface area contributed by atoms with Gasteiger partial charge in [0.25, 0.3) is 0 Å². The Balaban J connectivity index is 2.26. The molecule has 0 saturated heterocycles. The molecule has 1 aliphatic rings. The van der Waals surface area contributed by atoms with Crippen molar-refractivity contribution in [2.75, 3.05) is 0 Å². The summed E-state index contributed by atoms with van der Waals surface area (Å²) in [7, 11) is 0. The van der Waals surface area contributed by atoms with Gasteiger partial charge in [0.15, 0.2) is 0 Å². The monoisotopic (exact) mass is 292 g/mol. The van der Waals surface area contributed by atoms with Crippen molar-refractivity contribution in [2.24, 2.45) is 17.6 Å². The molecule has 1 aromatic rings. The molecule has 0 aliphatic heterocycles. The average Bonchev–Trinajstić information content (AvgIpc) is 2.25. The van der Waals surface area contributed by atoms with Gasteiger partial charge in [-0.15, -0.1) is 0 Å². The maximum Gasteiger partial charge on any atom is 0.133 e. The highest BCUT2D eigenvalue weighted by atomic mass is 32.1. The Morgan fingerprint density at radius 3 is 2.40 bits per heavy atom. The van der Waals surface area contributed by atoms with Gasteiger partial charge in [0.2, 0.25) is 0 Å². The van der Waals surface area contributed by atoms with E-state index in [9.17, 15) is 0 Å². The van der Waals surface area contributed by atoms with Crippen molar-refractivity contribution in [2.45, 2.75) is 53.1 Å². The number of aromatic nitrogens is 1. The predicted molar refractivity (Wildman–Crippen MR) is 86.2 cm³/mol. The molecule has 0 bridgehead atoms. The Bertz CT molecular complexity index is 505. The largest absolute Gasteiger partial charge is 0.490 e. The van der Waals surface area contributed by atoms with Gasteiger partial charge >= 0.3 is 0 Å².